The Morgan fingerprint density at radius 3 is 2.39 bits per heavy atom. The van der Waals surface area contributed by atoms with Gasteiger partial charge in [-0.25, -0.2) is 0 Å². The summed E-state index contributed by atoms with van der Waals surface area (Å²) < 4.78 is 0. The molecule has 2 N–H and O–H groups in total. The highest BCUT2D eigenvalue weighted by atomic mass is 16.4. The molecule has 100 valence electrons. The van der Waals surface area contributed by atoms with Crippen molar-refractivity contribution >= 4 is 11.9 Å². The quantitative estimate of drug-likeness (QED) is 0.693. The van der Waals surface area contributed by atoms with Crippen LogP contribution in [0.4, 0.5) is 0 Å². The van der Waals surface area contributed by atoms with E-state index in [1.54, 1.807) is 4.90 Å². The number of amides is 1. The molecule has 5 nitrogen and oxygen atoms in total. The molecule has 1 saturated carbocycles. The number of allylic oxidation sites excluding steroid dienone is 2. The smallest absolute Gasteiger partial charge is 0.307 e. The van der Waals surface area contributed by atoms with E-state index in [4.69, 9.17) is 5.11 Å². The first-order chi connectivity index (χ1) is 8.60. The number of carboxylic acids is 1. The van der Waals surface area contributed by atoms with E-state index in [0.717, 1.165) is 6.42 Å². The monoisotopic (exact) mass is 253 g/mol. The lowest BCUT2D eigenvalue weighted by atomic mass is 9.82. The van der Waals surface area contributed by atoms with Crippen LogP contribution in [0.5, 0.6) is 0 Å². The number of aliphatic hydroxyl groups excluding tert-OH is 1. The van der Waals surface area contributed by atoms with Gasteiger partial charge in [0.1, 0.15) is 0 Å². The van der Waals surface area contributed by atoms with Gasteiger partial charge in [-0.15, -0.1) is 0 Å². The Hall–Kier alpha value is -1.36. The summed E-state index contributed by atoms with van der Waals surface area (Å²) in [6.07, 6.45) is 4.67. The Morgan fingerprint density at radius 1 is 1.28 bits per heavy atom. The van der Waals surface area contributed by atoms with Crippen LogP contribution in [0.2, 0.25) is 0 Å². The molecule has 0 aliphatic heterocycles. The maximum atomic E-state index is 12.4. The minimum Gasteiger partial charge on any atom is -0.481 e. The lowest BCUT2D eigenvalue weighted by Gasteiger charge is -2.29. The van der Waals surface area contributed by atoms with Gasteiger partial charge in [0, 0.05) is 13.1 Å². The summed E-state index contributed by atoms with van der Waals surface area (Å²) in [6.45, 7) is 2.53. The summed E-state index contributed by atoms with van der Waals surface area (Å²) in [4.78, 5) is 25.3. The van der Waals surface area contributed by atoms with Crippen molar-refractivity contribution in [1.82, 2.24) is 4.90 Å². The SMILES string of the molecule is CCN(CCO)C(=O)C1C2C=CC(C2)C1C(=O)O. The van der Waals surface area contributed by atoms with E-state index in [-0.39, 0.29) is 30.9 Å². The van der Waals surface area contributed by atoms with Crippen molar-refractivity contribution in [2.24, 2.45) is 23.7 Å². The second kappa shape index (κ2) is 5.10. The van der Waals surface area contributed by atoms with E-state index in [1.807, 2.05) is 19.1 Å². The minimum absolute atomic E-state index is 0.00529. The maximum Gasteiger partial charge on any atom is 0.307 e. The fourth-order valence-electron chi connectivity index (χ4n) is 3.25. The van der Waals surface area contributed by atoms with Gasteiger partial charge in [-0.05, 0) is 25.2 Å². The minimum atomic E-state index is -0.884. The number of carbonyl (C=O) groups excluding carboxylic acids is 1. The molecule has 5 heteroatoms. The summed E-state index contributed by atoms with van der Waals surface area (Å²) >= 11 is 0. The van der Waals surface area contributed by atoms with Crippen molar-refractivity contribution in [2.75, 3.05) is 19.7 Å². The maximum absolute atomic E-state index is 12.4. The van der Waals surface area contributed by atoms with Crippen molar-refractivity contribution in [3.63, 3.8) is 0 Å². The predicted octanol–water partition coefficient (Wildman–Crippen LogP) is 0.350. The lowest BCUT2D eigenvalue weighted by molar-refractivity contribution is -0.151. The molecule has 2 aliphatic rings. The Morgan fingerprint density at radius 2 is 1.89 bits per heavy atom. The summed E-state index contributed by atoms with van der Waals surface area (Å²) in [5, 5.41) is 18.2. The van der Waals surface area contributed by atoms with Crippen molar-refractivity contribution < 1.29 is 19.8 Å². The fourth-order valence-corrected chi connectivity index (χ4v) is 3.25. The van der Waals surface area contributed by atoms with Crippen molar-refractivity contribution in [1.29, 1.82) is 0 Å². The Kier molecular flexibility index (Phi) is 3.71. The third-order valence-electron chi connectivity index (χ3n) is 4.09. The zero-order valence-corrected chi connectivity index (χ0v) is 10.5. The first-order valence-corrected chi connectivity index (χ1v) is 6.41. The zero-order chi connectivity index (χ0) is 13.3. The van der Waals surface area contributed by atoms with Crippen molar-refractivity contribution in [2.45, 2.75) is 13.3 Å². The van der Waals surface area contributed by atoms with Crippen LogP contribution in [0.1, 0.15) is 13.3 Å². The zero-order valence-electron chi connectivity index (χ0n) is 10.5. The molecule has 2 aliphatic carbocycles. The predicted molar refractivity (Wildman–Crippen MR) is 64.7 cm³/mol. The van der Waals surface area contributed by atoms with E-state index >= 15 is 0 Å². The van der Waals surface area contributed by atoms with Crippen LogP contribution in [0.3, 0.4) is 0 Å². The standard InChI is InChI=1S/C13H19NO4/c1-2-14(5-6-15)12(16)10-8-3-4-9(7-8)11(10)13(17)18/h3-4,8-11,15H,2,5-7H2,1H3,(H,17,18). The summed E-state index contributed by atoms with van der Waals surface area (Å²) in [6, 6.07) is 0. The molecule has 0 heterocycles. The van der Waals surface area contributed by atoms with Crippen LogP contribution in [0.15, 0.2) is 12.2 Å². The van der Waals surface area contributed by atoms with E-state index in [9.17, 15) is 14.7 Å². The van der Waals surface area contributed by atoms with Gasteiger partial charge >= 0.3 is 5.97 Å². The summed E-state index contributed by atoms with van der Waals surface area (Å²) in [5.74, 6) is -2.02. The van der Waals surface area contributed by atoms with Gasteiger partial charge in [0.25, 0.3) is 0 Å². The normalized spacial score (nSPS) is 32.8. The van der Waals surface area contributed by atoms with Crippen molar-refractivity contribution in [3.8, 4) is 0 Å². The number of aliphatic hydroxyl groups is 1. The Bertz CT molecular complexity index is 379. The molecule has 18 heavy (non-hydrogen) atoms. The largest absolute Gasteiger partial charge is 0.481 e. The molecule has 2 bridgehead atoms. The Balaban J connectivity index is 2.18. The number of likely N-dealkylation sites (N-methyl/N-ethyl adjacent to an activating group) is 1. The second-order valence-electron chi connectivity index (χ2n) is 4.98. The molecular weight excluding hydrogens is 234 g/mol. The number of aliphatic carboxylic acids is 1. The molecule has 2 rings (SSSR count). The van der Waals surface area contributed by atoms with Gasteiger partial charge in [0.2, 0.25) is 5.91 Å². The number of hydrogen-bond donors (Lipinski definition) is 2. The summed E-state index contributed by atoms with van der Waals surface area (Å²) in [5.41, 5.74) is 0. The van der Waals surface area contributed by atoms with Gasteiger partial charge in [0.05, 0.1) is 18.4 Å². The summed E-state index contributed by atoms with van der Waals surface area (Å²) in [7, 11) is 0. The molecule has 0 aromatic rings. The highest BCUT2D eigenvalue weighted by molar-refractivity contribution is 5.86. The third kappa shape index (κ3) is 2.03. The number of nitrogens with zero attached hydrogens (tertiary/aromatic N) is 1. The van der Waals surface area contributed by atoms with Crippen molar-refractivity contribution in [3.05, 3.63) is 12.2 Å². The van der Waals surface area contributed by atoms with Gasteiger partial charge in [-0.2, -0.15) is 0 Å². The van der Waals surface area contributed by atoms with Gasteiger partial charge in [-0.1, -0.05) is 12.2 Å². The van der Waals surface area contributed by atoms with E-state index in [2.05, 4.69) is 0 Å². The van der Waals surface area contributed by atoms with Crippen LogP contribution >= 0.6 is 0 Å². The number of fused-ring (bicyclic) bond motifs is 2. The van der Waals surface area contributed by atoms with Crippen LogP contribution in [-0.4, -0.2) is 46.7 Å². The highest BCUT2D eigenvalue weighted by Gasteiger charge is 2.52. The first kappa shape index (κ1) is 13.1. The average Bonchev–Trinajstić information content (AvgIpc) is 2.94. The van der Waals surface area contributed by atoms with Gasteiger partial charge in [0.15, 0.2) is 0 Å². The molecule has 4 unspecified atom stereocenters. The van der Waals surface area contributed by atoms with Crippen LogP contribution in [0, 0.1) is 23.7 Å². The van der Waals surface area contributed by atoms with Gasteiger partial charge in [-0.3, -0.25) is 9.59 Å². The highest BCUT2D eigenvalue weighted by Crippen LogP contribution is 2.48. The van der Waals surface area contributed by atoms with Crippen LogP contribution < -0.4 is 0 Å². The fraction of sp³-hybridized carbons (Fsp3) is 0.692. The molecular formula is C13H19NO4. The molecule has 1 fully saturated rings. The third-order valence-corrected chi connectivity index (χ3v) is 4.09. The average molecular weight is 253 g/mol. The molecule has 0 saturated heterocycles. The van der Waals surface area contributed by atoms with E-state index < -0.39 is 17.8 Å². The van der Waals surface area contributed by atoms with E-state index in [0.29, 0.717) is 6.54 Å². The second-order valence-corrected chi connectivity index (χ2v) is 4.98. The molecule has 0 aromatic carbocycles. The first-order valence-electron chi connectivity index (χ1n) is 6.41. The van der Waals surface area contributed by atoms with E-state index in [1.165, 1.54) is 0 Å². The topological polar surface area (TPSA) is 77.8 Å². The van der Waals surface area contributed by atoms with Gasteiger partial charge < -0.3 is 15.1 Å². The van der Waals surface area contributed by atoms with Crippen LogP contribution in [-0.2, 0) is 9.59 Å². The molecule has 4 atom stereocenters. The Labute approximate surface area is 106 Å². The number of hydrogen-bond acceptors (Lipinski definition) is 3. The molecule has 0 radical (unpaired) electrons. The number of carboxylic acid groups (broad SMARTS) is 1. The molecule has 0 spiro atoms. The van der Waals surface area contributed by atoms with Crippen LogP contribution in [0.25, 0.3) is 0 Å². The molecule has 1 amide bonds. The number of rotatable bonds is 5. The molecule has 0 aromatic heterocycles. The lowest BCUT2D eigenvalue weighted by Crippen LogP contribution is -2.43. The number of carbonyl (C=O) groups is 2.